The van der Waals surface area contributed by atoms with E-state index in [9.17, 15) is 5.11 Å². The third kappa shape index (κ3) is 3.81. The Morgan fingerprint density at radius 2 is 1.85 bits per heavy atom. The second-order valence-corrected chi connectivity index (χ2v) is 6.78. The summed E-state index contributed by atoms with van der Waals surface area (Å²) in [5.74, 6) is 0. The van der Waals surface area contributed by atoms with Gasteiger partial charge in [-0.15, -0.1) is 0 Å². The van der Waals surface area contributed by atoms with Crippen LogP contribution in [-0.2, 0) is 10.3 Å². The van der Waals surface area contributed by atoms with E-state index >= 15 is 0 Å². The van der Waals surface area contributed by atoms with Crippen molar-refractivity contribution >= 4 is 0 Å². The molecular weight excluding hydrogens is 250 g/mol. The number of aliphatic hydroxyl groups is 1. The number of ether oxygens (including phenoxy) is 1. The highest BCUT2D eigenvalue weighted by atomic mass is 16.5. The topological polar surface area (TPSA) is 55.5 Å². The van der Waals surface area contributed by atoms with Gasteiger partial charge in [0.25, 0.3) is 0 Å². The summed E-state index contributed by atoms with van der Waals surface area (Å²) in [4.78, 5) is 0. The Kier molecular flexibility index (Phi) is 4.84. The molecule has 0 aliphatic heterocycles. The van der Waals surface area contributed by atoms with Gasteiger partial charge in [0, 0.05) is 6.54 Å². The molecule has 0 aromatic heterocycles. The lowest BCUT2D eigenvalue weighted by molar-refractivity contribution is -0.0869. The van der Waals surface area contributed by atoms with Crippen LogP contribution in [0.15, 0.2) is 30.3 Å². The van der Waals surface area contributed by atoms with Crippen molar-refractivity contribution < 1.29 is 9.84 Å². The van der Waals surface area contributed by atoms with Crippen molar-refractivity contribution in [2.75, 3.05) is 13.2 Å². The maximum absolute atomic E-state index is 10.7. The first-order valence-corrected chi connectivity index (χ1v) is 7.55. The predicted molar refractivity (Wildman–Crippen MR) is 81.4 cm³/mol. The highest BCUT2D eigenvalue weighted by Crippen LogP contribution is 2.36. The molecule has 20 heavy (non-hydrogen) atoms. The van der Waals surface area contributed by atoms with Gasteiger partial charge in [-0.2, -0.15) is 0 Å². The van der Waals surface area contributed by atoms with Crippen LogP contribution in [-0.4, -0.2) is 24.4 Å². The zero-order chi connectivity index (χ0) is 14.6. The molecule has 0 heterocycles. The molecule has 1 atom stereocenters. The summed E-state index contributed by atoms with van der Waals surface area (Å²) in [5, 5.41) is 10.7. The summed E-state index contributed by atoms with van der Waals surface area (Å²) in [5.41, 5.74) is 5.96. The van der Waals surface area contributed by atoms with Crippen molar-refractivity contribution in [3.05, 3.63) is 35.9 Å². The first-order chi connectivity index (χ1) is 9.45. The SMILES string of the molecule is CC1(C)CCC(OCC(O)(CN)c2ccccc2)CC1. The Morgan fingerprint density at radius 3 is 2.40 bits per heavy atom. The summed E-state index contributed by atoms with van der Waals surface area (Å²) < 4.78 is 5.96. The lowest BCUT2D eigenvalue weighted by atomic mass is 9.76. The zero-order valence-electron chi connectivity index (χ0n) is 12.6. The van der Waals surface area contributed by atoms with E-state index in [1.807, 2.05) is 30.3 Å². The van der Waals surface area contributed by atoms with Crippen LogP contribution >= 0.6 is 0 Å². The second kappa shape index (κ2) is 6.25. The third-order valence-corrected chi connectivity index (χ3v) is 4.49. The first-order valence-electron chi connectivity index (χ1n) is 7.55. The second-order valence-electron chi connectivity index (χ2n) is 6.78. The van der Waals surface area contributed by atoms with Gasteiger partial charge in [-0.05, 0) is 36.7 Å². The van der Waals surface area contributed by atoms with Crippen molar-refractivity contribution in [2.24, 2.45) is 11.1 Å². The Balaban J connectivity index is 1.92. The Hall–Kier alpha value is -0.900. The molecule has 0 radical (unpaired) electrons. The van der Waals surface area contributed by atoms with Gasteiger partial charge in [-0.3, -0.25) is 0 Å². The van der Waals surface area contributed by atoms with E-state index in [1.54, 1.807) is 0 Å². The van der Waals surface area contributed by atoms with Gasteiger partial charge >= 0.3 is 0 Å². The van der Waals surface area contributed by atoms with Crippen LogP contribution in [0.1, 0.15) is 45.1 Å². The Morgan fingerprint density at radius 1 is 1.25 bits per heavy atom. The van der Waals surface area contributed by atoms with Crippen LogP contribution in [0.5, 0.6) is 0 Å². The molecule has 1 aliphatic carbocycles. The fourth-order valence-electron chi connectivity index (χ4n) is 2.80. The van der Waals surface area contributed by atoms with Crippen molar-refractivity contribution in [2.45, 2.75) is 51.2 Å². The first kappa shape index (κ1) is 15.5. The van der Waals surface area contributed by atoms with Gasteiger partial charge in [-0.1, -0.05) is 44.2 Å². The fraction of sp³-hybridized carbons (Fsp3) is 0.647. The van der Waals surface area contributed by atoms with Gasteiger partial charge < -0.3 is 15.6 Å². The standard InChI is InChI=1S/C17H27NO2/c1-16(2)10-8-15(9-11-16)20-13-17(19,12-18)14-6-4-3-5-7-14/h3-7,15,19H,8-13,18H2,1-2H3. The smallest absolute Gasteiger partial charge is 0.125 e. The molecule has 1 aromatic carbocycles. The average Bonchev–Trinajstić information content (AvgIpc) is 2.47. The molecule has 3 heteroatoms. The number of benzene rings is 1. The average molecular weight is 277 g/mol. The summed E-state index contributed by atoms with van der Waals surface area (Å²) in [6, 6.07) is 9.57. The number of rotatable bonds is 5. The van der Waals surface area contributed by atoms with Crippen LogP contribution in [0.2, 0.25) is 0 Å². The largest absolute Gasteiger partial charge is 0.381 e. The molecular formula is C17H27NO2. The Bertz CT molecular complexity index is 408. The fourth-order valence-corrected chi connectivity index (χ4v) is 2.80. The van der Waals surface area contributed by atoms with Gasteiger partial charge in [0.1, 0.15) is 5.60 Å². The van der Waals surface area contributed by atoms with E-state index in [1.165, 1.54) is 12.8 Å². The molecule has 3 N–H and O–H groups in total. The molecule has 0 saturated heterocycles. The monoisotopic (exact) mass is 277 g/mol. The van der Waals surface area contributed by atoms with Crippen LogP contribution in [0.3, 0.4) is 0 Å². The van der Waals surface area contributed by atoms with E-state index in [0.717, 1.165) is 18.4 Å². The molecule has 1 saturated carbocycles. The minimum atomic E-state index is -1.08. The summed E-state index contributed by atoms with van der Waals surface area (Å²) >= 11 is 0. The predicted octanol–water partition coefficient (Wildman–Crippen LogP) is 2.82. The van der Waals surface area contributed by atoms with Crippen molar-refractivity contribution in [3.63, 3.8) is 0 Å². The molecule has 1 aliphatic rings. The van der Waals surface area contributed by atoms with Crippen molar-refractivity contribution in [1.29, 1.82) is 0 Å². The molecule has 0 bridgehead atoms. The quantitative estimate of drug-likeness (QED) is 0.870. The van der Waals surface area contributed by atoms with Gasteiger partial charge in [-0.25, -0.2) is 0 Å². The lowest BCUT2D eigenvalue weighted by Gasteiger charge is -2.36. The molecule has 2 rings (SSSR count). The lowest BCUT2D eigenvalue weighted by Crippen LogP contribution is -2.41. The number of hydrogen-bond acceptors (Lipinski definition) is 3. The molecule has 0 amide bonds. The third-order valence-electron chi connectivity index (χ3n) is 4.49. The summed E-state index contributed by atoms with van der Waals surface area (Å²) in [6.45, 7) is 5.07. The maximum atomic E-state index is 10.7. The van der Waals surface area contributed by atoms with Crippen LogP contribution in [0.25, 0.3) is 0 Å². The molecule has 1 aromatic rings. The van der Waals surface area contributed by atoms with Gasteiger partial charge in [0.2, 0.25) is 0 Å². The van der Waals surface area contributed by atoms with Crippen molar-refractivity contribution in [1.82, 2.24) is 0 Å². The molecule has 0 spiro atoms. The highest BCUT2D eigenvalue weighted by Gasteiger charge is 2.32. The number of nitrogens with two attached hydrogens (primary N) is 1. The number of hydrogen-bond donors (Lipinski definition) is 2. The molecule has 1 fully saturated rings. The summed E-state index contributed by atoms with van der Waals surface area (Å²) in [7, 11) is 0. The minimum Gasteiger partial charge on any atom is -0.381 e. The highest BCUT2D eigenvalue weighted by molar-refractivity contribution is 5.22. The van der Waals surface area contributed by atoms with Gasteiger partial charge in [0.05, 0.1) is 12.7 Å². The zero-order valence-corrected chi connectivity index (χ0v) is 12.6. The van der Waals surface area contributed by atoms with E-state index < -0.39 is 5.60 Å². The van der Waals surface area contributed by atoms with Crippen molar-refractivity contribution in [3.8, 4) is 0 Å². The van der Waals surface area contributed by atoms with Crippen LogP contribution in [0.4, 0.5) is 0 Å². The molecule has 3 nitrogen and oxygen atoms in total. The summed E-state index contributed by atoms with van der Waals surface area (Å²) in [6.07, 6.45) is 4.77. The van der Waals surface area contributed by atoms with E-state index in [-0.39, 0.29) is 19.3 Å². The van der Waals surface area contributed by atoms with E-state index in [4.69, 9.17) is 10.5 Å². The van der Waals surface area contributed by atoms with Gasteiger partial charge in [0.15, 0.2) is 0 Å². The molecule has 112 valence electrons. The normalized spacial score (nSPS) is 22.4. The minimum absolute atomic E-state index is 0.176. The van der Waals surface area contributed by atoms with Crippen LogP contribution < -0.4 is 5.73 Å². The van der Waals surface area contributed by atoms with Crippen LogP contribution in [0, 0.1) is 5.41 Å². The maximum Gasteiger partial charge on any atom is 0.125 e. The van der Waals surface area contributed by atoms with E-state index in [2.05, 4.69) is 13.8 Å². The Labute approximate surface area is 122 Å². The van der Waals surface area contributed by atoms with E-state index in [0.29, 0.717) is 5.41 Å². The molecule has 1 unspecified atom stereocenters.